The van der Waals surface area contributed by atoms with E-state index in [0.717, 1.165) is 49.5 Å². The third kappa shape index (κ3) is 8.37. The summed E-state index contributed by atoms with van der Waals surface area (Å²) in [5, 5.41) is 2.86. The molecule has 1 N–H and O–H groups in total. The standard InChI is InChI=1S/C30H34N4O3/c1-3-33-14-16-34(17-15-33)22-27(35)20-26-21-29(12-13-31-26)37-28-9-5-7-24(19-28)10-11-30(36)32-25-8-4-6-23(2)18-25/h4-13,18-19,21H,3,14-17,20,22H2,1-2H3,(H,32,36)/b11-10+. The second kappa shape index (κ2) is 12.9. The molecule has 0 atom stereocenters. The lowest BCUT2D eigenvalue weighted by Gasteiger charge is -2.33. The Kier molecular flexibility index (Phi) is 9.18. The molecule has 0 spiro atoms. The number of ether oxygens (including phenoxy) is 1. The molecule has 2 aromatic carbocycles. The van der Waals surface area contributed by atoms with Gasteiger partial charge in [0.05, 0.1) is 18.7 Å². The maximum absolute atomic E-state index is 12.6. The van der Waals surface area contributed by atoms with E-state index in [2.05, 4.69) is 27.0 Å². The number of pyridine rings is 1. The number of Topliss-reactive ketones (excluding diaryl/α,β-unsaturated/α-hetero) is 1. The highest BCUT2D eigenvalue weighted by Gasteiger charge is 2.18. The molecule has 1 aliphatic heterocycles. The molecule has 0 radical (unpaired) electrons. The van der Waals surface area contributed by atoms with Crippen molar-refractivity contribution in [2.45, 2.75) is 20.3 Å². The monoisotopic (exact) mass is 498 g/mol. The van der Waals surface area contributed by atoms with Crippen LogP contribution in [0.3, 0.4) is 0 Å². The van der Waals surface area contributed by atoms with E-state index in [4.69, 9.17) is 4.74 Å². The van der Waals surface area contributed by atoms with Gasteiger partial charge in [-0.25, -0.2) is 0 Å². The smallest absolute Gasteiger partial charge is 0.248 e. The molecular formula is C30H34N4O3. The van der Waals surface area contributed by atoms with Crippen LogP contribution < -0.4 is 10.1 Å². The molecule has 1 saturated heterocycles. The van der Waals surface area contributed by atoms with E-state index in [9.17, 15) is 9.59 Å². The fourth-order valence-electron chi connectivity index (χ4n) is 4.28. The first-order valence-corrected chi connectivity index (χ1v) is 12.7. The second-order valence-corrected chi connectivity index (χ2v) is 9.28. The number of nitrogens with one attached hydrogen (secondary N) is 1. The Balaban J connectivity index is 1.31. The summed E-state index contributed by atoms with van der Waals surface area (Å²) in [7, 11) is 0. The number of benzene rings is 2. The normalized spacial score (nSPS) is 14.5. The molecule has 0 aliphatic carbocycles. The van der Waals surface area contributed by atoms with Crippen LogP contribution >= 0.6 is 0 Å². The molecular weight excluding hydrogens is 464 g/mol. The lowest BCUT2D eigenvalue weighted by atomic mass is 10.1. The Morgan fingerprint density at radius 2 is 1.73 bits per heavy atom. The van der Waals surface area contributed by atoms with E-state index in [-0.39, 0.29) is 18.1 Å². The molecule has 192 valence electrons. The maximum atomic E-state index is 12.6. The molecule has 1 aromatic heterocycles. The molecule has 0 bridgehead atoms. The Bertz CT molecular complexity index is 1250. The van der Waals surface area contributed by atoms with E-state index in [0.29, 0.717) is 23.7 Å². The Morgan fingerprint density at radius 1 is 0.973 bits per heavy atom. The lowest BCUT2D eigenvalue weighted by Crippen LogP contribution is -2.47. The summed E-state index contributed by atoms with van der Waals surface area (Å²) >= 11 is 0. The zero-order valence-corrected chi connectivity index (χ0v) is 21.5. The molecule has 1 aliphatic rings. The van der Waals surface area contributed by atoms with Crippen LogP contribution in [0.1, 0.15) is 23.7 Å². The van der Waals surface area contributed by atoms with Crippen LogP contribution in [-0.4, -0.2) is 65.7 Å². The van der Waals surface area contributed by atoms with E-state index >= 15 is 0 Å². The van der Waals surface area contributed by atoms with Crippen LogP contribution in [0.4, 0.5) is 5.69 Å². The van der Waals surface area contributed by atoms with Crippen molar-refractivity contribution in [3.63, 3.8) is 0 Å². The van der Waals surface area contributed by atoms with Gasteiger partial charge < -0.3 is 15.0 Å². The Hall–Kier alpha value is -3.81. The van der Waals surface area contributed by atoms with Crippen LogP contribution in [0.5, 0.6) is 11.5 Å². The van der Waals surface area contributed by atoms with Crippen LogP contribution in [0.15, 0.2) is 72.9 Å². The van der Waals surface area contributed by atoms with E-state index in [1.54, 1.807) is 18.3 Å². The van der Waals surface area contributed by atoms with Crippen LogP contribution in [0.25, 0.3) is 6.08 Å². The van der Waals surface area contributed by atoms with Gasteiger partial charge in [0.15, 0.2) is 5.78 Å². The predicted molar refractivity (Wildman–Crippen MR) is 147 cm³/mol. The zero-order valence-electron chi connectivity index (χ0n) is 21.5. The highest BCUT2D eigenvalue weighted by Crippen LogP contribution is 2.23. The van der Waals surface area contributed by atoms with Crippen molar-refractivity contribution in [1.82, 2.24) is 14.8 Å². The number of nitrogens with zero attached hydrogens (tertiary/aromatic N) is 3. The number of anilines is 1. The minimum absolute atomic E-state index is 0.158. The van der Waals surface area contributed by atoms with Crippen molar-refractivity contribution in [3.8, 4) is 11.5 Å². The number of hydrogen-bond acceptors (Lipinski definition) is 6. The summed E-state index contributed by atoms with van der Waals surface area (Å²) in [6.45, 7) is 9.53. The van der Waals surface area contributed by atoms with Crippen molar-refractivity contribution >= 4 is 23.5 Å². The number of aromatic nitrogens is 1. The van der Waals surface area contributed by atoms with Gasteiger partial charge in [-0.1, -0.05) is 31.2 Å². The van der Waals surface area contributed by atoms with Gasteiger partial charge in [0.25, 0.3) is 0 Å². The van der Waals surface area contributed by atoms with Gasteiger partial charge in [-0.3, -0.25) is 19.5 Å². The summed E-state index contributed by atoms with van der Waals surface area (Å²) in [5.74, 6) is 1.21. The molecule has 4 rings (SSSR count). The molecule has 0 saturated carbocycles. The Labute approximate surface area is 218 Å². The third-order valence-corrected chi connectivity index (χ3v) is 6.28. The predicted octanol–water partition coefficient (Wildman–Crippen LogP) is 4.58. The first kappa shape index (κ1) is 26.3. The number of ketones is 1. The van der Waals surface area contributed by atoms with Gasteiger partial charge in [0.1, 0.15) is 11.5 Å². The zero-order chi connectivity index (χ0) is 26.0. The van der Waals surface area contributed by atoms with Crippen molar-refractivity contribution in [1.29, 1.82) is 0 Å². The van der Waals surface area contributed by atoms with E-state index in [1.807, 2.05) is 61.5 Å². The molecule has 1 amide bonds. The minimum atomic E-state index is -0.201. The minimum Gasteiger partial charge on any atom is -0.457 e. The number of carbonyl (C=O) groups is 2. The lowest BCUT2D eigenvalue weighted by molar-refractivity contribution is -0.120. The quantitative estimate of drug-likeness (QED) is 0.413. The third-order valence-electron chi connectivity index (χ3n) is 6.28. The van der Waals surface area contributed by atoms with Crippen LogP contribution in [0, 0.1) is 6.92 Å². The number of aryl methyl sites for hydroxylation is 1. The summed E-state index contributed by atoms with van der Waals surface area (Å²) in [5.41, 5.74) is 3.38. The molecule has 2 heterocycles. The van der Waals surface area contributed by atoms with Gasteiger partial charge in [-0.15, -0.1) is 0 Å². The average Bonchev–Trinajstić information content (AvgIpc) is 2.88. The van der Waals surface area contributed by atoms with Crippen LogP contribution in [0.2, 0.25) is 0 Å². The number of carbonyl (C=O) groups excluding carboxylic acids is 2. The first-order chi connectivity index (χ1) is 18.0. The second-order valence-electron chi connectivity index (χ2n) is 9.28. The molecule has 3 aromatic rings. The average molecular weight is 499 g/mol. The van der Waals surface area contributed by atoms with Crippen molar-refractivity contribution in [2.75, 3.05) is 44.6 Å². The van der Waals surface area contributed by atoms with Crippen LogP contribution in [-0.2, 0) is 16.0 Å². The summed E-state index contributed by atoms with van der Waals surface area (Å²) in [6.07, 6.45) is 5.19. The SMILES string of the molecule is CCN1CCN(CC(=O)Cc2cc(Oc3cccc(/C=C/C(=O)Nc4cccc(C)c4)c3)ccn2)CC1. The number of piperazine rings is 1. The topological polar surface area (TPSA) is 74.8 Å². The van der Waals surface area contributed by atoms with Crippen molar-refractivity contribution < 1.29 is 14.3 Å². The van der Waals surface area contributed by atoms with Crippen molar-refractivity contribution in [2.24, 2.45) is 0 Å². The summed E-state index contributed by atoms with van der Waals surface area (Å²) < 4.78 is 6.03. The summed E-state index contributed by atoms with van der Waals surface area (Å²) in [4.78, 5) is 33.9. The van der Waals surface area contributed by atoms with Gasteiger partial charge in [0, 0.05) is 50.2 Å². The van der Waals surface area contributed by atoms with Gasteiger partial charge in [0.2, 0.25) is 5.91 Å². The van der Waals surface area contributed by atoms with Crippen molar-refractivity contribution in [3.05, 3.63) is 89.8 Å². The fraction of sp³-hybridized carbons (Fsp3) is 0.300. The highest BCUT2D eigenvalue weighted by molar-refractivity contribution is 6.02. The largest absolute Gasteiger partial charge is 0.457 e. The highest BCUT2D eigenvalue weighted by atomic mass is 16.5. The number of rotatable bonds is 10. The number of amides is 1. The number of hydrogen-bond donors (Lipinski definition) is 1. The first-order valence-electron chi connectivity index (χ1n) is 12.7. The number of likely N-dealkylation sites (N-methyl/N-ethyl adjacent to an activating group) is 1. The molecule has 7 nitrogen and oxygen atoms in total. The van der Waals surface area contributed by atoms with E-state index in [1.165, 1.54) is 6.08 Å². The maximum Gasteiger partial charge on any atom is 0.248 e. The van der Waals surface area contributed by atoms with Gasteiger partial charge >= 0.3 is 0 Å². The summed E-state index contributed by atoms with van der Waals surface area (Å²) in [6, 6.07) is 18.7. The fourth-order valence-corrected chi connectivity index (χ4v) is 4.28. The molecule has 37 heavy (non-hydrogen) atoms. The Morgan fingerprint density at radius 3 is 2.51 bits per heavy atom. The molecule has 1 fully saturated rings. The molecule has 7 heteroatoms. The van der Waals surface area contributed by atoms with Gasteiger partial charge in [-0.05, 0) is 61.0 Å². The van der Waals surface area contributed by atoms with E-state index < -0.39 is 0 Å². The molecule has 0 unspecified atom stereocenters. The van der Waals surface area contributed by atoms with Gasteiger partial charge in [-0.2, -0.15) is 0 Å².